The van der Waals surface area contributed by atoms with Crippen LogP contribution in [0.5, 0.6) is 5.75 Å². The smallest absolute Gasteiger partial charge is 0.238 e. The summed E-state index contributed by atoms with van der Waals surface area (Å²) in [6.45, 7) is 1.95. The molecule has 1 aliphatic heterocycles. The monoisotopic (exact) mass is 424 g/mol. The van der Waals surface area contributed by atoms with Crippen LogP contribution in [0.3, 0.4) is 0 Å². The van der Waals surface area contributed by atoms with Gasteiger partial charge in [0.05, 0.1) is 22.1 Å². The van der Waals surface area contributed by atoms with Gasteiger partial charge in [-0.2, -0.15) is 0 Å². The Labute approximate surface area is 166 Å². The second-order valence-corrected chi connectivity index (χ2v) is 10.5. The van der Waals surface area contributed by atoms with Crippen molar-refractivity contribution < 1.29 is 21.6 Å². The van der Waals surface area contributed by atoms with Gasteiger partial charge in [-0.05, 0) is 49.1 Å². The number of benzene rings is 2. The molecule has 2 aromatic carbocycles. The maximum absolute atomic E-state index is 12.2. The van der Waals surface area contributed by atoms with Gasteiger partial charge in [-0.15, -0.1) is 0 Å². The fourth-order valence-electron chi connectivity index (χ4n) is 3.30. The number of piperidine rings is 1. The van der Waals surface area contributed by atoms with Gasteiger partial charge in [0, 0.05) is 19.3 Å². The van der Waals surface area contributed by atoms with Crippen LogP contribution in [0.2, 0.25) is 0 Å². The topological polar surface area (TPSA) is 107 Å². The van der Waals surface area contributed by atoms with E-state index >= 15 is 0 Å². The first-order valence-corrected chi connectivity index (χ1v) is 12.4. The lowest BCUT2D eigenvalue weighted by Gasteiger charge is -2.34. The predicted octanol–water partition coefficient (Wildman–Crippen LogP) is 2.03. The SMILES string of the molecule is CS(=O)(=O)c1cc(S(N)(=O)=O)ccc1N1CCC(COc2ccccc2)CC1. The second kappa shape index (κ2) is 8.10. The molecule has 7 nitrogen and oxygen atoms in total. The Kier molecular flexibility index (Phi) is 5.97. The minimum Gasteiger partial charge on any atom is -0.493 e. The summed E-state index contributed by atoms with van der Waals surface area (Å²) >= 11 is 0. The predicted molar refractivity (Wildman–Crippen MR) is 108 cm³/mol. The van der Waals surface area contributed by atoms with E-state index in [-0.39, 0.29) is 9.79 Å². The zero-order chi connectivity index (χ0) is 20.4. The van der Waals surface area contributed by atoms with Crippen LogP contribution in [-0.4, -0.2) is 42.8 Å². The summed E-state index contributed by atoms with van der Waals surface area (Å²) in [5.41, 5.74) is 0.511. The largest absolute Gasteiger partial charge is 0.493 e. The molecule has 0 atom stereocenters. The van der Waals surface area contributed by atoms with Crippen LogP contribution in [-0.2, 0) is 19.9 Å². The molecule has 0 bridgehead atoms. The number of nitrogens with zero attached hydrogens (tertiary/aromatic N) is 1. The number of primary sulfonamides is 1. The minimum absolute atomic E-state index is 0.0157. The third-order valence-corrected chi connectivity index (χ3v) is 6.88. The Morgan fingerprint density at radius 2 is 1.68 bits per heavy atom. The van der Waals surface area contributed by atoms with Crippen LogP contribution >= 0.6 is 0 Å². The van der Waals surface area contributed by atoms with Crippen molar-refractivity contribution in [2.45, 2.75) is 22.6 Å². The number of rotatable bonds is 6. The van der Waals surface area contributed by atoms with Gasteiger partial charge in [0.25, 0.3) is 0 Å². The van der Waals surface area contributed by atoms with Crippen molar-refractivity contribution in [3.05, 3.63) is 48.5 Å². The van der Waals surface area contributed by atoms with Gasteiger partial charge in [-0.25, -0.2) is 22.0 Å². The summed E-state index contributed by atoms with van der Waals surface area (Å²) in [7, 11) is -7.59. The average molecular weight is 425 g/mol. The molecule has 1 saturated heterocycles. The van der Waals surface area contributed by atoms with Crippen molar-refractivity contribution in [3.8, 4) is 5.75 Å². The molecule has 152 valence electrons. The van der Waals surface area contributed by atoms with E-state index in [1.807, 2.05) is 35.2 Å². The van der Waals surface area contributed by atoms with Gasteiger partial charge in [0.2, 0.25) is 10.0 Å². The quantitative estimate of drug-likeness (QED) is 0.760. The molecular formula is C19H24N2O5S2. The highest BCUT2D eigenvalue weighted by molar-refractivity contribution is 7.91. The van der Waals surface area contributed by atoms with E-state index in [2.05, 4.69) is 0 Å². The summed E-state index contributed by atoms with van der Waals surface area (Å²) in [5, 5.41) is 5.15. The van der Waals surface area contributed by atoms with Crippen molar-refractivity contribution >= 4 is 25.5 Å². The molecule has 1 fully saturated rings. The fraction of sp³-hybridized carbons (Fsp3) is 0.368. The summed E-state index contributed by atoms with van der Waals surface area (Å²) < 4.78 is 53.4. The highest BCUT2D eigenvalue weighted by Gasteiger charge is 2.25. The van der Waals surface area contributed by atoms with Crippen molar-refractivity contribution in [2.24, 2.45) is 11.1 Å². The molecule has 3 rings (SSSR count). The maximum atomic E-state index is 12.2. The van der Waals surface area contributed by atoms with Gasteiger partial charge in [-0.1, -0.05) is 18.2 Å². The van der Waals surface area contributed by atoms with Crippen LogP contribution in [0.15, 0.2) is 58.3 Å². The van der Waals surface area contributed by atoms with Crippen molar-refractivity contribution in [1.82, 2.24) is 0 Å². The van der Waals surface area contributed by atoms with E-state index < -0.39 is 19.9 Å². The molecule has 1 aliphatic rings. The summed E-state index contributed by atoms with van der Waals surface area (Å²) in [6, 6.07) is 13.6. The molecule has 1 heterocycles. The number of nitrogens with two attached hydrogens (primary N) is 1. The lowest BCUT2D eigenvalue weighted by molar-refractivity contribution is 0.223. The highest BCUT2D eigenvalue weighted by atomic mass is 32.2. The standard InChI is InChI=1S/C19H24N2O5S2/c1-27(22,23)19-13-17(28(20,24)25)7-8-18(19)21-11-9-15(10-12-21)14-26-16-5-3-2-4-6-16/h2-8,13,15H,9-12,14H2,1H3,(H2,20,24,25). The van der Waals surface area contributed by atoms with Crippen LogP contribution < -0.4 is 14.8 Å². The molecule has 0 aliphatic carbocycles. The summed E-state index contributed by atoms with van der Waals surface area (Å²) in [6.07, 6.45) is 2.78. The molecule has 0 radical (unpaired) electrons. The van der Waals surface area contributed by atoms with Gasteiger partial charge in [0.1, 0.15) is 5.75 Å². The van der Waals surface area contributed by atoms with E-state index in [1.54, 1.807) is 0 Å². The summed E-state index contributed by atoms with van der Waals surface area (Å²) in [5.74, 6) is 1.21. The minimum atomic E-state index is -3.98. The van der Waals surface area contributed by atoms with Crippen molar-refractivity contribution in [3.63, 3.8) is 0 Å². The van der Waals surface area contributed by atoms with Crippen molar-refractivity contribution in [1.29, 1.82) is 0 Å². The molecule has 0 amide bonds. The zero-order valence-corrected chi connectivity index (χ0v) is 17.2. The fourth-order valence-corrected chi connectivity index (χ4v) is 4.83. The van der Waals surface area contributed by atoms with Gasteiger partial charge >= 0.3 is 0 Å². The van der Waals surface area contributed by atoms with E-state index in [9.17, 15) is 16.8 Å². The van der Waals surface area contributed by atoms with Crippen LogP contribution in [0.4, 0.5) is 5.69 Å². The Hall–Kier alpha value is -2.10. The molecule has 0 spiro atoms. The lowest BCUT2D eigenvalue weighted by Crippen LogP contribution is -2.36. The third kappa shape index (κ3) is 5.03. The van der Waals surface area contributed by atoms with E-state index in [0.717, 1.165) is 30.9 Å². The lowest BCUT2D eigenvalue weighted by atomic mass is 9.97. The number of anilines is 1. The Balaban J connectivity index is 1.71. The molecular weight excluding hydrogens is 400 g/mol. The Morgan fingerprint density at radius 1 is 1.04 bits per heavy atom. The van der Waals surface area contributed by atoms with E-state index in [4.69, 9.17) is 9.88 Å². The molecule has 0 aromatic heterocycles. The maximum Gasteiger partial charge on any atom is 0.238 e. The molecule has 0 saturated carbocycles. The number of ether oxygens (including phenoxy) is 1. The van der Waals surface area contributed by atoms with E-state index in [0.29, 0.717) is 31.3 Å². The first kappa shape index (κ1) is 20.6. The Bertz CT molecular complexity index is 1030. The number of hydrogen-bond donors (Lipinski definition) is 1. The highest BCUT2D eigenvalue weighted by Crippen LogP contribution is 2.31. The number of hydrogen-bond acceptors (Lipinski definition) is 6. The van der Waals surface area contributed by atoms with Crippen molar-refractivity contribution in [2.75, 3.05) is 30.9 Å². The van der Waals surface area contributed by atoms with Crippen LogP contribution in [0.25, 0.3) is 0 Å². The molecule has 2 aromatic rings. The van der Waals surface area contributed by atoms with Crippen LogP contribution in [0, 0.1) is 5.92 Å². The molecule has 28 heavy (non-hydrogen) atoms. The molecule has 9 heteroatoms. The van der Waals surface area contributed by atoms with Gasteiger partial charge < -0.3 is 9.64 Å². The van der Waals surface area contributed by atoms with Crippen LogP contribution in [0.1, 0.15) is 12.8 Å². The number of sulfone groups is 1. The Morgan fingerprint density at radius 3 is 2.25 bits per heavy atom. The number of para-hydroxylation sites is 1. The van der Waals surface area contributed by atoms with Gasteiger partial charge in [0.15, 0.2) is 9.84 Å². The molecule has 2 N–H and O–H groups in total. The van der Waals surface area contributed by atoms with E-state index in [1.165, 1.54) is 12.1 Å². The summed E-state index contributed by atoms with van der Waals surface area (Å²) in [4.78, 5) is 1.75. The first-order chi connectivity index (χ1) is 13.1. The zero-order valence-electron chi connectivity index (χ0n) is 15.6. The third-order valence-electron chi connectivity index (χ3n) is 4.84. The normalized spacial score (nSPS) is 16.1. The second-order valence-electron chi connectivity index (χ2n) is 7.00. The average Bonchev–Trinajstić information content (AvgIpc) is 2.66. The molecule has 0 unspecified atom stereocenters. The van der Waals surface area contributed by atoms with Gasteiger partial charge in [-0.3, -0.25) is 0 Å². The number of sulfonamides is 1. The first-order valence-electron chi connectivity index (χ1n) is 8.94.